The SMILES string of the molecule is CCOc1ccc2[nH]c(=O)c([C@H](c3nnnn3C(C)(C)C)[NH+]3CCC(C)CC3)cc2c1. The fourth-order valence-electron chi connectivity index (χ4n) is 4.49. The normalized spacial score (nSPS) is 20.7. The van der Waals surface area contributed by atoms with E-state index >= 15 is 0 Å². The number of nitrogens with zero attached hydrogens (tertiary/aromatic N) is 4. The van der Waals surface area contributed by atoms with Gasteiger partial charge < -0.3 is 14.6 Å². The molecular formula is C23H33N6O2+. The topological polar surface area (TPSA) is 90.1 Å². The van der Waals surface area contributed by atoms with Gasteiger partial charge in [0.15, 0.2) is 6.04 Å². The Balaban J connectivity index is 1.87. The van der Waals surface area contributed by atoms with Crippen molar-refractivity contribution in [2.24, 2.45) is 5.92 Å². The van der Waals surface area contributed by atoms with E-state index in [0.717, 1.165) is 48.4 Å². The van der Waals surface area contributed by atoms with Gasteiger partial charge in [0.1, 0.15) is 5.75 Å². The van der Waals surface area contributed by atoms with Crippen LogP contribution in [0.3, 0.4) is 0 Å². The molecule has 1 atom stereocenters. The molecule has 0 aliphatic carbocycles. The predicted molar refractivity (Wildman–Crippen MR) is 119 cm³/mol. The van der Waals surface area contributed by atoms with E-state index in [1.807, 2.05) is 35.9 Å². The Kier molecular flexibility index (Phi) is 5.83. The second-order valence-corrected chi connectivity index (χ2v) is 9.63. The van der Waals surface area contributed by atoms with Crippen molar-refractivity contribution >= 4 is 10.9 Å². The number of H-pyrrole nitrogens is 1. The van der Waals surface area contributed by atoms with Crippen LogP contribution in [0.2, 0.25) is 0 Å². The molecule has 0 radical (unpaired) electrons. The maximum absolute atomic E-state index is 13.3. The van der Waals surface area contributed by atoms with Crippen LogP contribution in [0.5, 0.6) is 5.75 Å². The summed E-state index contributed by atoms with van der Waals surface area (Å²) in [7, 11) is 0. The van der Waals surface area contributed by atoms with Crippen molar-refractivity contribution in [1.82, 2.24) is 25.2 Å². The maximum atomic E-state index is 13.3. The number of rotatable bonds is 5. The Morgan fingerprint density at radius 2 is 2.00 bits per heavy atom. The number of ether oxygens (including phenoxy) is 1. The summed E-state index contributed by atoms with van der Waals surface area (Å²) in [4.78, 5) is 17.7. The first-order valence-corrected chi connectivity index (χ1v) is 11.2. The van der Waals surface area contributed by atoms with E-state index in [-0.39, 0.29) is 17.1 Å². The molecule has 8 nitrogen and oxygen atoms in total. The maximum Gasteiger partial charge on any atom is 0.258 e. The van der Waals surface area contributed by atoms with Gasteiger partial charge in [0, 0.05) is 10.9 Å². The van der Waals surface area contributed by atoms with Crippen LogP contribution >= 0.6 is 0 Å². The molecule has 3 heterocycles. The molecule has 0 saturated carbocycles. The molecular weight excluding hydrogens is 392 g/mol. The van der Waals surface area contributed by atoms with Gasteiger partial charge in [0.25, 0.3) is 5.56 Å². The highest BCUT2D eigenvalue weighted by Crippen LogP contribution is 2.25. The Hall–Kier alpha value is -2.74. The minimum Gasteiger partial charge on any atom is -0.494 e. The first-order chi connectivity index (χ1) is 14.8. The highest BCUT2D eigenvalue weighted by atomic mass is 16.5. The van der Waals surface area contributed by atoms with Gasteiger partial charge in [0.05, 0.1) is 30.8 Å². The van der Waals surface area contributed by atoms with E-state index in [4.69, 9.17) is 4.74 Å². The van der Waals surface area contributed by atoms with Crippen molar-refractivity contribution in [3.63, 3.8) is 0 Å². The number of aromatic nitrogens is 5. The summed E-state index contributed by atoms with van der Waals surface area (Å²) in [6, 6.07) is 7.53. The lowest BCUT2D eigenvalue weighted by atomic mass is 9.95. The molecule has 4 rings (SSSR count). The van der Waals surface area contributed by atoms with Crippen LogP contribution in [-0.4, -0.2) is 44.9 Å². The van der Waals surface area contributed by atoms with Crippen LogP contribution < -0.4 is 15.2 Å². The van der Waals surface area contributed by atoms with Crippen LogP contribution in [0.15, 0.2) is 29.1 Å². The van der Waals surface area contributed by atoms with Gasteiger partial charge >= 0.3 is 0 Å². The summed E-state index contributed by atoms with van der Waals surface area (Å²) < 4.78 is 7.54. The van der Waals surface area contributed by atoms with Crippen LogP contribution in [0.1, 0.15) is 64.9 Å². The van der Waals surface area contributed by atoms with Gasteiger partial charge in [0.2, 0.25) is 5.82 Å². The molecule has 2 aromatic heterocycles. The van der Waals surface area contributed by atoms with Crippen LogP contribution in [0, 0.1) is 5.92 Å². The molecule has 0 unspecified atom stereocenters. The number of pyridine rings is 1. The molecule has 1 aliphatic rings. The molecule has 3 aromatic rings. The fourth-order valence-corrected chi connectivity index (χ4v) is 4.49. The van der Waals surface area contributed by atoms with Crippen molar-refractivity contribution in [1.29, 1.82) is 0 Å². The van der Waals surface area contributed by atoms with Gasteiger partial charge in [-0.15, -0.1) is 5.10 Å². The predicted octanol–water partition coefficient (Wildman–Crippen LogP) is 2.07. The Bertz CT molecular complexity index is 1110. The second kappa shape index (κ2) is 8.42. The number of nitrogens with one attached hydrogen (secondary N) is 2. The number of tetrazole rings is 1. The van der Waals surface area contributed by atoms with E-state index in [9.17, 15) is 4.79 Å². The summed E-state index contributed by atoms with van der Waals surface area (Å²) in [6.07, 6.45) is 2.26. The van der Waals surface area contributed by atoms with Crippen molar-refractivity contribution in [2.45, 2.75) is 59.0 Å². The quantitative estimate of drug-likeness (QED) is 0.653. The van der Waals surface area contributed by atoms with Crippen LogP contribution in [0.25, 0.3) is 10.9 Å². The van der Waals surface area contributed by atoms with E-state index < -0.39 is 0 Å². The first-order valence-electron chi connectivity index (χ1n) is 11.2. The molecule has 0 bridgehead atoms. The highest BCUT2D eigenvalue weighted by Gasteiger charge is 2.37. The number of hydrogen-bond donors (Lipinski definition) is 2. The molecule has 8 heteroatoms. The van der Waals surface area contributed by atoms with Gasteiger partial charge in [-0.05, 0) is 81.1 Å². The van der Waals surface area contributed by atoms with Crippen molar-refractivity contribution in [3.8, 4) is 5.75 Å². The average molecular weight is 426 g/mol. The number of aromatic amines is 1. The van der Waals surface area contributed by atoms with Gasteiger partial charge in [-0.2, -0.15) is 0 Å². The molecule has 1 saturated heterocycles. The van der Waals surface area contributed by atoms with Crippen molar-refractivity contribution in [2.75, 3.05) is 19.7 Å². The van der Waals surface area contributed by atoms with E-state index in [1.54, 1.807) is 0 Å². The fraction of sp³-hybridized carbons (Fsp3) is 0.565. The molecule has 31 heavy (non-hydrogen) atoms. The molecule has 1 aliphatic heterocycles. The zero-order valence-electron chi connectivity index (χ0n) is 19.1. The minimum absolute atomic E-state index is 0.0868. The second-order valence-electron chi connectivity index (χ2n) is 9.63. The standard InChI is InChI=1S/C23H32N6O2/c1-6-31-17-7-8-19-16(13-17)14-18(22(30)24-19)20(28-11-9-15(2)10-12-28)21-25-26-27-29(21)23(3,4)5/h7-8,13-15,20H,6,9-12H2,1-5H3,(H,24,30)/p+1/t20-/m1/s1. The molecule has 1 aromatic carbocycles. The van der Waals surface area contributed by atoms with Gasteiger partial charge in [-0.3, -0.25) is 4.79 Å². The van der Waals surface area contributed by atoms with Crippen molar-refractivity contribution in [3.05, 3.63) is 46.0 Å². The number of benzene rings is 1. The summed E-state index contributed by atoms with van der Waals surface area (Å²) >= 11 is 0. The number of hydrogen-bond acceptors (Lipinski definition) is 5. The van der Waals surface area contributed by atoms with Gasteiger partial charge in [-0.1, -0.05) is 6.92 Å². The number of piperidine rings is 1. The zero-order chi connectivity index (χ0) is 22.2. The van der Waals surface area contributed by atoms with E-state index in [0.29, 0.717) is 18.1 Å². The molecule has 2 N–H and O–H groups in total. The smallest absolute Gasteiger partial charge is 0.258 e. The molecule has 0 spiro atoms. The lowest BCUT2D eigenvalue weighted by Gasteiger charge is -2.34. The molecule has 1 fully saturated rings. The summed E-state index contributed by atoms with van der Waals surface area (Å²) in [5.74, 6) is 2.23. The monoisotopic (exact) mass is 425 g/mol. The van der Waals surface area contributed by atoms with Crippen LogP contribution in [0.4, 0.5) is 0 Å². The number of likely N-dealkylation sites (tertiary alicyclic amines) is 1. The van der Waals surface area contributed by atoms with E-state index in [1.165, 1.54) is 4.90 Å². The molecule has 166 valence electrons. The van der Waals surface area contributed by atoms with Crippen LogP contribution in [-0.2, 0) is 5.54 Å². The van der Waals surface area contributed by atoms with Crippen molar-refractivity contribution < 1.29 is 9.64 Å². The Morgan fingerprint density at radius 3 is 2.68 bits per heavy atom. The zero-order valence-corrected chi connectivity index (χ0v) is 19.1. The molecule has 0 amide bonds. The lowest BCUT2D eigenvalue weighted by molar-refractivity contribution is -0.932. The number of fused-ring (bicyclic) bond motifs is 1. The van der Waals surface area contributed by atoms with Gasteiger partial charge in [-0.25, -0.2) is 4.68 Å². The average Bonchev–Trinajstić information content (AvgIpc) is 3.20. The van der Waals surface area contributed by atoms with E-state index in [2.05, 4.69) is 48.2 Å². The minimum atomic E-state index is -0.286. The third-order valence-electron chi connectivity index (χ3n) is 6.18. The first kappa shape index (κ1) is 21.5. The third-order valence-corrected chi connectivity index (χ3v) is 6.18. The lowest BCUT2D eigenvalue weighted by Crippen LogP contribution is -3.13. The highest BCUT2D eigenvalue weighted by molar-refractivity contribution is 5.80. The summed E-state index contributed by atoms with van der Waals surface area (Å²) in [6.45, 7) is 13.1. The summed E-state index contributed by atoms with van der Waals surface area (Å²) in [5.41, 5.74) is 1.13. The Morgan fingerprint density at radius 1 is 1.26 bits per heavy atom. The Labute approximate surface area is 182 Å². The third kappa shape index (κ3) is 4.35. The summed E-state index contributed by atoms with van der Waals surface area (Å²) in [5, 5.41) is 13.7. The largest absolute Gasteiger partial charge is 0.494 e. The number of quaternary nitrogens is 1.